The van der Waals surface area contributed by atoms with Crippen molar-refractivity contribution in [1.82, 2.24) is 4.98 Å². The molecular formula is C13H18N2O. The van der Waals surface area contributed by atoms with E-state index in [0.717, 1.165) is 17.1 Å². The van der Waals surface area contributed by atoms with Crippen LogP contribution in [0.15, 0.2) is 12.1 Å². The van der Waals surface area contributed by atoms with Gasteiger partial charge in [0.1, 0.15) is 5.82 Å². The summed E-state index contributed by atoms with van der Waals surface area (Å²) in [6.45, 7) is 4.70. The van der Waals surface area contributed by atoms with E-state index in [1.165, 1.54) is 0 Å². The Balaban J connectivity index is 3.09. The van der Waals surface area contributed by atoms with Crippen LogP contribution in [0.5, 0.6) is 0 Å². The van der Waals surface area contributed by atoms with Gasteiger partial charge in [0, 0.05) is 12.7 Å². The number of aliphatic hydroxyl groups excluding tert-OH is 1. The van der Waals surface area contributed by atoms with Gasteiger partial charge in [-0.1, -0.05) is 19.8 Å². The molecule has 0 fully saturated rings. The van der Waals surface area contributed by atoms with Crippen LogP contribution in [0, 0.1) is 12.3 Å². The molecule has 86 valence electrons. The van der Waals surface area contributed by atoms with E-state index in [1.54, 1.807) is 0 Å². The normalized spacial score (nSPS) is 10.2. The van der Waals surface area contributed by atoms with Crippen LogP contribution in [-0.2, 0) is 6.61 Å². The van der Waals surface area contributed by atoms with Gasteiger partial charge in [-0.2, -0.15) is 0 Å². The van der Waals surface area contributed by atoms with Crippen molar-refractivity contribution in [2.45, 2.75) is 26.4 Å². The van der Waals surface area contributed by atoms with E-state index in [-0.39, 0.29) is 6.61 Å². The van der Waals surface area contributed by atoms with Gasteiger partial charge in [-0.25, -0.2) is 4.98 Å². The van der Waals surface area contributed by atoms with E-state index in [1.807, 2.05) is 24.1 Å². The van der Waals surface area contributed by atoms with E-state index < -0.39 is 0 Å². The molecule has 1 heterocycles. The van der Waals surface area contributed by atoms with Crippen LogP contribution < -0.4 is 4.90 Å². The molecule has 16 heavy (non-hydrogen) atoms. The van der Waals surface area contributed by atoms with E-state index in [4.69, 9.17) is 6.42 Å². The zero-order valence-corrected chi connectivity index (χ0v) is 10.1. The largest absolute Gasteiger partial charge is 0.392 e. The molecule has 0 bridgehead atoms. The summed E-state index contributed by atoms with van der Waals surface area (Å²) in [6, 6.07) is 3.79. The van der Waals surface area contributed by atoms with Gasteiger partial charge in [-0.05, 0) is 23.6 Å². The highest BCUT2D eigenvalue weighted by atomic mass is 16.3. The molecule has 0 aliphatic heterocycles. The Morgan fingerprint density at radius 2 is 2.19 bits per heavy atom. The van der Waals surface area contributed by atoms with Gasteiger partial charge in [0.05, 0.1) is 13.2 Å². The molecule has 3 nitrogen and oxygen atoms in total. The SMILES string of the molecule is C#CCN(C)c1cc(CO)cc(C(C)C)n1. The summed E-state index contributed by atoms with van der Waals surface area (Å²) < 4.78 is 0. The number of rotatable bonds is 4. The fourth-order valence-electron chi connectivity index (χ4n) is 1.39. The fourth-order valence-corrected chi connectivity index (χ4v) is 1.39. The number of nitrogens with zero attached hydrogens (tertiary/aromatic N) is 2. The van der Waals surface area contributed by atoms with Crippen molar-refractivity contribution < 1.29 is 5.11 Å². The van der Waals surface area contributed by atoms with Gasteiger partial charge in [0.2, 0.25) is 0 Å². The number of anilines is 1. The Kier molecular flexibility index (Phi) is 4.33. The Bertz CT molecular complexity index is 393. The molecule has 0 saturated carbocycles. The molecule has 0 aliphatic carbocycles. The molecule has 0 amide bonds. The summed E-state index contributed by atoms with van der Waals surface area (Å²) in [5, 5.41) is 9.19. The summed E-state index contributed by atoms with van der Waals surface area (Å²) >= 11 is 0. The monoisotopic (exact) mass is 218 g/mol. The molecule has 0 unspecified atom stereocenters. The average Bonchev–Trinajstić information content (AvgIpc) is 2.28. The predicted molar refractivity (Wildman–Crippen MR) is 66.4 cm³/mol. The van der Waals surface area contributed by atoms with Crippen molar-refractivity contribution in [3.8, 4) is 12.3 Å². The van der Waals surface area contributed by atoms with Gasteiger partial charge in [-0.3, -0.25) is 0 Å². The van der Waals surface area contributed by atoms with Crippen molar-refractivity contribution in [3.63, 3.8) is 0 Å². The summed E-state index contributed by atoms with van der Waals surface area (Å²) in [5.41, 5.74) is 1.85. The molecule has 1 aromatic rings. The summed E-state index contributed by atoms with van der Waals surface area (Å²) in [4.78, 5) is 6.41. The lowest BCUT2D eigenvalue weighted by Crippen LogP contribution is -2.19. The quantitative estimate of drug-likeness (QED) is 0.782. The molecule has 0 aromatic carbocycles. The van der Waals surface area contributed by atoms with Crippen molar-refractivity contribution >= 4 is 5.82 Å². The molecule has 3 heteroatoms. The van der Waals surface area contributed by atoms with E-state index in [0.29, 0.717) is 12.5 Å². The standard InChI is InChI=1S/C13H18N2O/c1-5-6-15(4)13-8-11(9-16)7-12(14-13)10(2)3/h1,7-8,10,16H,6,9H2,2-4H3. The molecule has 1 N–H and O–H groups in total. The van der Waals surface area contributed by atoms with Crippen LogP contribution in [0.2, 0.25) is 0 Å². The number of aromatic nitrogens is 1. The zero-order chi connectivity index (χ0) is 12.1. The fraction of sp³-hybridized carbons (Fsp3) is 0.462. The second-order valence-electron chi connectivity index (χ2n) is 4.13. The highest BCUT2D eigenvalue weighted by Crippen LogP contribution is 2.19. The summed E-state index contributed by atoms with van der Waals surface area (Å²) in [7, 11) is 1.90. The lowest BCUT2D eigenvalue weighted by molar-refractivity contribution is 0.281. The Labute approximate surface area is 97.1 Å². The van der Waals surface area contributed by atoms with Gasteiger partial charge in [0.25, 0.3) is 0 Å². The van der Waals surface area contributed by atoms with Crippen molar-refractivity contribution in [2.75, 3.05) is 18.5 Å². The van der Waals surface area contributed by atoms with Gasteiger partial charge in [-0.15, -0.1) is 6.42 Å². The number of terminal acetylenes is 1. The zero-order valence-electron chi connectivity index (χ0n) is 10.1. The van der Waals surface area contributed by atoms with Crippen molar-refractivity contribution in [3.05, 3.63) is 23.4 Å². The predicted octanol–water partition coefficient (Wildman–Crippen LogP) is 1.77. The first-order valence-corrected chi connectivity index (χ1v) is 5.34. The van der Waals surface area contributed by atoms with Crippen LogP contribution in [0.25, 0.3) is 0 Å². The molecule has 0 spiro atoms. The van der Waals surface area contributed by atoms with Crippen LogP contribution in [0.3, 0.4) is 0 Å². The first kappa shape index (κ1) is 12.5. The third-order valence-corrected chi connectivity index (χ3v) is 2.39. The van der Waals surface area contributed by atoms with Crippen molar-refractivity contribution in [2.24, 2.45) is 0 Å². The first-order valence-electron chi connectivity index (χ1n) is 5.34. The number of hydrogen-bond donors (Lipinski definition) is 1. The van der Waals surface area contributed by atoms with Crippen LogP contribution in [0.1, 0.15) is 31.0 Å². The molecule has 0 radical (unpaired) electrons. The Hall–Kier alpha value is -1.53. The highest BCUT2D eigenvalue weighted by Gasteiger charge is 2.08. The van der Waals surface area contributed by atoms with Gasteiger partial charge >= 0.3 is 0 Å². The minimum Gasteiger partial charge on any atom is -0.392 e. The van der Waals surface area contributed by atoms with Crippen molar-refractivity contribution in [1.29, 1.82) is 0 Å². The Morgan fingerprint density at radius 1 is 1.50 bits per heavy atom. The molecule has 0 saturated heterocycles. The average molecular weight is 218 g/mol. The molecule has 1 aromatic heterocycles. The second-order valence-corrected chi connectivity index (χ2v) is 4.13. The number of hydrogen-bond acceptors (Lipinski definition) is 3. The minimum atomic E-state index is 0.0269. The third-order valence-electron chi connectivity index (χ3n) is 2.39. The third kappa shape index (κ3) is 2.98. The van der Waals surface area contributed by atoms with E-state index in [9.17, 15) is 5.11 Å². The number of pyridine rings is 1. The topological polar surface area (TPSA) is 36.4 Å². The van der Waals surface area contributed by atoms with Crippen LogP contribution in [-0.4, -0.2) is 23.7 Å². The maximum absolute atomic E-state index is 9.19. The molecular weight excluding hydrogens is 200 g/mol. The lowest BCUT2D eigenvalue weighted by Gasteiger charge is -2.18. The number of aliphatic hydroxyl groups is 1. The second kappa shape index (κ2) is 5.53. The molecule has 0 atom stereocenters. The molecule has 1 rings (SSSR count). The molecule has 0 aliphatic rings. The van der Waals surface area contributed by atoms with Gasteiger partial charge in [0.15, 0.2) is 0 Å². The Morgan fingerprint density at radius 3 is 2.69 bits per heavy atom. The smallest absolute Gasteiger partial charge is 0.129 e. The first-order chi connectivity index (χ1) is 7.58. The maximum atomic E-state index is 9.19. The van der Waals surface area contributed by atoms with Crippen LogP contribution in [0.4, 0.5) is 5.82 Å². The van der Waals surface area contributed by atoms with Gasteiger partial charge < -0.3 is 10.0 Å². The van der Waals surface area contributed by atoms with E-state index in [2.05, 4.69) is 24.8 Å². The summed E-state index contributed by atoms with van der Waals surface area (Å²) in [6.07, 6.45) is 5.27. The van der Waals surface area contributed by atoms with Crippen LogP contribution >= 0.6 is 0 Å². The summed E-state index contributed by atoms with van der Waals surface area (Å²) in [5.74, 6) is 3.73. The lowest BCUT2D eigenvalue weighted by atomic mass is 10.1. The minimum absolute atomic E-state index is 0.0269. The van der Waals surface area contributed by atoms with E-state index >= 15 is 0 Å². The maximum Gasteiger partial charge on any atom is 0.129 e. The highest BCUT2D eigenvalue weighted by molar-refractivity contribution is 5.43.